The van der Waals surface area contributed by atoms with Crippen LogP contribution in [0.25, 0.3) is 54.9 Å². The van der Waals surface area contributed by atoms with Crippen molar-refractivity contribution in [2.45, 2.75) is 26.7 Å². The van der Waals surface area contributed by atoms with Gasteiger partial charge in [0.15, 0.2) is 5.78 Å². The van der Waals surface area contributed by atoms with Gasteiger partial charge in [-0.3, -0.25) is 24.7 Å². The van der Waals surface area contributed by atoms with E-state index >= 15 is 0 Å². The van der Waals surface area contributed by atoms with E-state index < -0.39 is 0 Å². The van der Waals surface area contributed by atoms with Crippen LogP contribution in [0.4, 0.5) is 5.69 Å². The van der Waals surface area contributed by atoms with Crippen LogP contribution in [0.15, 0.2) is 67.1 Å². The van der Waals surface area contributed by atoms with Crippen LogP contribution in [0.3, 0.4) is 0 Å². The maximum absolute atomic E-state index is 12.0. The molecule has 38 heavy (non-hydrogen) atoms. The molecule has 0 fully saturated rings. The van der Waals surface area contributed by atoms with Gasteiger partial charge in [0.25, 0.3) is 0 Å². The lowest BCUT2D eigenvalue weighted by atomic mass is 10.0. The molecule has 0 unspecified atom stereocenters. The van der Waals surface area contributed by atoms with E-state index in [1.807, 2.05) is 43.3 Å². The van der Waals surface area contributed by atoms with E-state index in [-0.39, 0.29) is 11.7 Å². The molecule has 5 aromatic heterocycles. The van der Waals surface area contributed by atoms with Gasteiger partial charge in [-0.2, -0.15) is 5.10 Å². The summed E-state index contributed by atoms with van der Waals surface area (Å²) < 4.78 is 0. The number of hydrogen-bond acceptors (Lipinski definition) is 6. The molecule has 9 heteroatoms. The largest absolute Gasteiger partial charge is 0.353 e. The molecule has 0 spiro atoms. The molecule has 0 radical (unpaired) electrons. The molecule has 0 aliphatic carbocycles. The van der Waals surface area contributed by atoms with Crippen molar-refractivity contribution in [2.24, 2.45) is 0 Å². The lowest BCUT2D eigenvalue weighted by Crippen LogP contribution is -2.10. The third-order valence-electron chi connectivity index (χ3n) is 6.38. The number of fused-ring (bicyclic) bond motifs is 2. The van der Waals surface area contributed by atoms with E-state index in [4.69, 9.17) is 0 Å². The molecule has 6 aromatic rings. The van der Waals surface area contributed by atoms with Gasteiger partial charge >= 0.3 is 0 Å². The highest BCUT2D eigenvalue weighted by Gasteiger charge is 2.16. The van der Waals surface area contributed by atoms with Gasteiger partial charge in [0.1, 0.15) is 5.69 Å². The first kappa shape index (κ1) is 23.7. The lowest BCUT2D eigenvalue weighted by molar-refractivity contribution is -0.116. The number of thiophene rings is 1. The average Bonchev–Trinajstić information content (AvgIpc) is 3.66. The number of nitrogens with zero attached hydrogens (tertiary/aromatic N) is 3. The summed E-state index contributed by atoms with van der Waals surface area (Å²) in [6.45, 7) is 3.55. The van der Waals surface area contributed by atoms with E-state index in [1.54, 1.807) is 25.5 Å². The first-order valence-electron chi connectivity index (χ1n) is 12.3. The number of hydrogen-bond donors (Lipinski definition) is 3. The van der Waals surface area contributed by atoms with E-state index in [9.17, 15) is 9.59 Å². The molecule has 5 heterocycles. The molecule has 188 valence electrons. The van der Waals surface area contributed by atoms with Gasteiger partial charge in [-0.25, -0.2) is 0 Å². The zero-order chi connectivity index (χ0) is 26.2. The Morgan fingerprint density at radius 3 is 2.63 bits per heavy atom. The third kappa shape index (κ3) is 4.37. The number of aromatic amines is 2. The van der Waals surface area contributed by atoms with Crippen LogP contribution in [0, 0.1) is 0 Å². The smallest absolute Gasteiger partial charge is 0.224 e. The van der Waals surface area contributed by atoms with Crippen LogP contribution in [0.5, 0.6) is 0 Å². The Bertz CT molecular complexity index is 1830. The summed E-state index contributed by atoms with van der Waals surface area (Å²) in [4.78, 5) is 37.9. The first-order chi connectivity index (χ1) is 18.5. The van der Waals surface area contributed by atoms with Crippen molar-refractivity contribution in [1.29, 1.82) is 0 Å². The van der Waals surface area contributed by atoms with Crippen LogP contribution in [0.1, 0.15) is 36.4 Å². The number of Topliss-reactive ketones (excluding diaryl/α,β-unsaturated/α-hetero) is 1. The van der Waals surface area contributed by atoms with Crippen LogP contribution >= 0.6 is 11.3 Å². The predicted octanol–water partition coefficient (Wildman–Crippen LogP) is 6.84. The average molecular weight is 521 g/mol. The maximum Gasteiger partial charge on any atom is 0.224 e. The van der Waals surface area contributed by atoms with Crippen molar-refractivity contribution >= 4 is 50.5 Å². The molecule has 0 saturated heterocycles. The van der Waals surface area contributed by atoms with E-state index in [0.717, 1.165) is 61.3 Å². The van der Waals surface area contributed by atoms with Crippen molar-refractivity contribution in [3.05, 3.63) is 72.0 Å². The number of aromatic nitrogens is 5. The number of anilines is 1. The number of benzene rings is 1. The van der Waals surface area contributed by atoms with Crippen LogP contribution in [-0.4, -0.2) is 36.8 Å². The molecule has 1 aromatic carbocycles. The van der Waals surface area contributed by atoms with Crippen molar-refractivity contribution in [2.75, 3.05) is 5.32 Å². The van der Waals surface area contributed by atoms with Crippen molar-refractivity contribution in [1.82, 2.24) is 25.1 Å². The van der Waals surface area contributed by atoms with Gasteiger partial charge in [-0.15, -0.1) is 11.3 Å². The van der Waals surface area contributed by atoms with E-state index in [2.05, 4.69) is 42.6 Å². The molecule has 0 atom stereocenters. The highest BCUT2D eigenvalue weighted by Crippen LogP contribution is 2.36. The summed E-state index contributed by atoms with van der Waals surface area (Å²) in [6.07, 6.45) is 6.47. The molecular formula is C29H24N6O2S. The Hall–Kier alpha value is -4.63. The Morgan fingerprint density at radius 1 is 0.947 bits per heavy atom. The van der Waals surface area contributed by atoms with Crippen molar-refractivity contribution < 1.29 is 9.59 Å². The van der Waals surface area contributed by atoms with Crippen molar-refractivity contribution in [3.8, 4) is 33.1 Å². The van der Waals surface area contributed by atoms with Gasteiger partial charge in [0, 0.05) is 40.7 Å². The highest BCUT2D eigenvalue weighted by atomic mass is 32.1. The summed E-state index contributed by atoms with van der Waals surface area (Å²) in [6, 6.07) is 15.8. The summed E-state index contributed by atoms with van der Waals surface area (Å²) in [5.41, 5.74) is 6.87. The number of pyridine rings is 2. The summed E-state index contributed by atoms with van der Waals surface area (Å²) in [7, 11) is 0. The molecule has 0 aliphatic heterocycles. The number of H-pyrrole nitrogens is 2. The molecule has 8 nitrogen and oxygen atoms in total. The topological polar surface area (TPSA) is 116 Å². The Kier molecular flexibility index (Phi) is 6.05. The van der Waals surface area contributed by atoms with Gasteiger partial charge < -0.3 is 10.3 Å². The molecule has 1 amide bonds. The molecule has 6 rings (SSSR count). The Labute approximate surface area is 222 Å². The fourth-order valence-corrected chi connectivity index (χ4v) is 5.46. The fourth-order valence-electron chi connectivity index (χ4n) is 4.55. The fraction of sp³-hybridized carbons (Fsp3) is 0.138. The second kappa shape index (κ2) is 9.68. The minimum atomic E-state index is -0.0215. The standard InChI is InChI=1S/C29H24N6O2S/c1-3-4-27(37)32-19-11-18(14-30-15-19)17-5-6-23-20(12-17)28(35-34-23)24-13-21-22(33-24)9-10-31-29(21)26-8-7-25(38-26)16(2)36/h5-15,33H,3-4H2,1-2H3,(H,32,37)(H,34,35). The normalized spacial score (nSPS) is 11.3. The molecule has 0 saturated carbocycles. The van der Waals surface area contributed by atoms with Gasteiger partial charge in [-0.1, -0.05) is 13.0 Å². The molecular weight excluding hydrogens is 496 g/mol. The second-order valence-corrected chi connectivity index (χ2v) is 10.2. The minimum absolute atomic E-state index is 0.0215. The number of ketones is 1. The third-order valence-corrected chi connectivity index (χ3v) is 7.58. The lowest BCUT2D eigenvalue weighted by Gasteiger charge is -2.07. The van der Waals surface area contributed by atoms with Crippen LogP contribution in [0.2, 0.25) is 0 Å². The number of carbonyl (C=O) groups is 2. The monoisotopic (exact) mass is 520 g/mol. The van der Waals surface area contributed by atoms with Gasteiger partial charge in [0.05, 0.1) is 38.5 Å². The maximum atomic E-state index is 12.0. The Balaban J connectivity index is 1.39. The number of amides is 1. The SMILES string of the molecule is CCCC(=O)Nc1cncc(-c2ccc3[nH]nc(-c4cc5c(-c6ccc(C(C)=O)s6)nccc5[nH]4)c3c2)c1. The Morgan fingerprint density at radius 2 is 1.82 bits per heavy atom. The molecule has 3 N–H and O–H groups in total. The molecule has 0 aliphatic rings. The van der Waals surface area contributed by atoms with Crippen LogP contribution < -0.4 is 5.32 Å². The van der Waals surface area contributed by atoms with Gasteiger partial charge in [-0.05, 0) is 61.4 Å². The van der Waals surface area contributed by atoms with E-state index in [0.29, 0.717) is 17.0 Å². The summed E-state index contributed by atoms with van der Waals surface area (Å²) in [5.74, 6) is 0.0258. The first-order valence-corrected chi connectivity index (χ1v) is 13.1. The van der Waals surface area contributed by atoms with Gasteiger partial charge in [0.2, 0.25) is 5.91 Å². The minimum Gasteiger partial charge on any atom is -0.353 e. The van der Waals surface area contributed by atoms with E-state index in [1.165, 1.54) is 11.3 Å². The molecule has 0 bridgehead atoms. The second-order valence-electron chi connectivity index (χ2n) is 9.12. The predicted molar refractivity (Wildman–Crippen MR) is 151 cm³/mol. The van der Waals surface area contributed by atoms with Crippen LogP contribution in [-0.2, 0) is 4.79 Å². The zero-order valence-electron chi connectivity index (χ0n) is 20.8. The number of carbonyl (C=O) groups excluding carboxylic acids is 2. The summed E-state index contributed by atoms with van der Waals surface area (Å²) in [5, 5.41) is 12.6. The summed E-state index contributed by atoms with van der Waals surface area (Å²) >= 11 is 1.45. The number of rotatable bonds is 7. The zero-order valence-corrected chi connectivity index (χ0v) is 21.6. The van der Waals surface area contributed by atoms with Crippen molar-refractivity contribution in [3.63, 3.8) is 0 Å². The quantitative estimate of drug-likeness (QED) is 0.199. The number of nitrogens with one attached hydrogen (secondary N) is 3. The highest BCUT2D eigenvalue weighted by molar-refractivity contribution is 7.17.